The third-order valence-electron chi connectivity index (χ3n) is 3.85. The molecule has 0 fully saturated rings. The minimum Gasteiger partial charge on any atom is -0.391 e. The van der Waals surface area contributed by atoms with Crippen molar-refractivity contribution in [2.45, 2.75) is 32.0 Å². The predicted molar refractivity (Wildman–Crippen MR) is 86.5 cm³/mol. The number of hydrogen-bond donors (Lipinski definition) is 2. The molecule has 0 amide bonds. The SMILES string of the molecule is Nc1nc(N)c2c(n1)CCC(=NOCc1cccc(C(F)(F)F)c1)C2. The van der Waals surface area contributed by atoms with Crippen LogP contribution in [0.3, 0.4) is 0 Å². The monoisotopic (exact) mass is 351 g/mol. The third-order valence-corrected chi connectivity index (χ3v) is 3.85. The molecular formula is C16H16F3N5O. The van der Waals surface area contributed by atoms with Gasteiger partial charge in [0.1, 0.15) is 12.4 Å². The summed E-state index contributed by atoms with van der Waals surface area (Å²) in [6.07, 6.45) is -2.72. The Bertz CT molecular complexity index is 820. The van der Waals surface area contributed by atoms with Gasteiger partial charge in [-0.2, -0.15) is 18.2 Å². The highest BCUT2D eigenvalue weighted by molar-refractivity contribution is 5.89. The summed E-state index contributed by atoms with van der Waals surface area (Å²) in [5.74, 6) is 0.449. The van der Waals surface area contributed by atoms with E-state index in [-0.39, 0.29) is 12.6 Å². The van der Waals surface area contributed by atoms with Gasteiger partial charge in [-0.15, -0.1) is 0 Å². The lowest BCUT2D eigenvalue weighted by molar-refractivity contribution is -0.137. The number of anilines is 2. The van der Waals surface area contributed by atoms with E-state index in [0.717, 1.165) is 29.1 Å². The molecule has 3 rings (SSSR count). The topological polar surface area (TPSA) is 99.4 Å². The molecule has 2 aromatic rings. The average molecular weight is 351 g/mol. The van der Waals surface area contributed by atoms with Crippen LogP contribution in [0.5, 0.6) is 0 Å². The minimum atomic E-state index is -4.38. The number of halogens is 3. The first-order chi connectivity index (χ1) is 11.8. The standard InChI is InChI=1S/C16H16F3N5O/c17-16(18,19)10-3-1-2-9(6-10)8-25-24-11-4-5-13-12(7-11)14(20)23-15(21)22-13/h1-3,6H,4-5,7-8H2,(H4,20,21,22,23). The summed E-state index contributed by atoms with van der Waals surface area (Å²) >= 11 is 0. The quantitative estimate of drug-likeness (QED) is 0.828. The molecule has 0 atom stereocenters. The molecule has 25 heavy (non-hydrogen) atoms. The van der Waals surface area contributed by atoms with E-state index in [2.05, 4.69) is 15.1 Å². The van der Waals surface area contributed by atoms with Crippen molar-refractivity contribution in [3.8, 4) is 0 Å². The van der Waals surface area contributed by atoms with Gasteiger partial charge in [-0.1, -0.05) is 17.3 Å². The smallest absolute Gasteiger partial charge is 0.391 e. The molecule has 6 nitrogen and oxygen atoms in total. The van der Waals surface area contributed by atoms with Crippen LogP contribution in [0, 0.1) is 0 Å². The van der Waals surface area contributed by atoms with Crippen LogP contribution in [0.15, 0.2) is 29.4 Å². The summed E-state index contributed by atoms with van der Waals surface area (Å²) in [7, 11) is 0. The predicted octanol–water partition coefficient (Wildman–Crippen LogP) is 2.72. The first-order valence-corrected chi connectivity index (χ1v) is 7.57. The van der Waals surface area contributed by atoms with Crippen molar-refractivity contribution < 1.29 is 18.0 Å². The second kappa shape index (κ2) is 6.58. The molecule has 0 saturated heterocycles. The Labute approximate surface area is 141 Å². The maximum atomic E-state index is 12.7. The Morgan fingerprint density at radius 1 is 1.16 bits per heavy atom. The lowest BCUT2D eigenvalue weighted by atomic mass is 9.95. The van der Waals surface area contributed by atoms with Crippen molar-refractivity contribution in [2.75, 3.05) is 11.5 Å². The number of hydrogen-bond acceptors (Lipinski definition) is 6. The number of benzene rings is 1. The van der Waals surface area contributed by atoms with Gasteiger partial charge in [-0.25, -0.2) is 4.98 Å². The van der Waals surface area contributed by atoms with Gasteiger partial charge in [-0.3, -0.25) is 0 Å². The zero-order chi connectivity index (χ0) is 18.0. The molecule has 4 N–H and O–H groups in total. The number of alkyl halides is 3. The van der Waals surface area contributed by atoms with Gasteiger partial charge in [0.15, 0.2) is 0 Å². The Kier molecular flexibility index (Phi) is 4.47. The number of nitrogens with zero attached hydrogens (tertiary/aromatic N) is 3. The van der Waals surface area contributed by atoms with E-state index in [1.807, 2.05) is 0 Å². The molecule has 0 spiro atoms. The summed E-state index contributed by atoms with van der Waals surface area (Å²) in [5, 5.41) is 4.03. The summed E-state index contributed by atoms with van der Waals surface area (Å²) in [6, 6.07) is 4.96. The van der Waals surface area contributed by atoms with E-state index in [1.54, 1.807) is 6.07 Å². The summed E-state index contributed by atoms with van der Waals surface area (Å²) in [5.41, 5.74) is 13.4. The third kappa shape index (κ3) is 3.98. The van der Waals surface area contributed by atoms with Crippen LogP contribution in [-0.4, -0.2) is 15.7 Å². The van der Waals surface area contributed by atoms with Gasteiger partial charge in [0.2, 0.25) is 5.95 Å². The van der Waals surface area contributed by atoms with Crippen LogP contribution in [0.2, 0.25) is 0 Å². The second-order valence-corrected chi connectivity index (χ2v) is 5.70. The normalized spacial score (nSPS) is 15.9. The number of rotatable bonds is 3. The first-order valence-electron chi connectivity index (χ1n) is 7.57. The number of aromatic nitrogens is 2. The van der Waals surface area contributed by atoms with E-state index in [1.165, 1.54) is 6.07 Å². The Morgan fingerprint density at radius 2 is 1.96 bits per heavy atom. The van der Waals surface area contributed by atoms with Gasteiger partial charge in [-0.05, 0) is 30.5 Å². The molecular weight excluding hydrogens is 335 g/mol. The number of oxime groups is 1. The van der Waals surface area contributed by atoms with Gasteiger partial charge >= 0.3 is 6.18 Å². The van der Waals surface area contributed by atoms with Crippen molar-refractivity contribution in [3.63, 3.8) is 0 Å². The molecule has 1 aliphatic rings. The highest BCUT2D eigenvalue weighted by atomic mass is 19.4. The first kappa shape index (κ1) is 17.0. The summed E-state index contributed by atoms with van der Waals surface area (Å²) < 4.78 is 38.1. The molecule has 9 heteroatoms. The van der Waals surface area contributed by atoms with Crippen LogP contribution < -0.4 is 11.5 Å². The molecule has 0 bridgehead atoms. The summed E-state index contributed by atoms with van der Waals surface area (Å²) in [6.45, 7) is -0.0476. The van der Waals surface area contributed by atoms with Crippen molar-refractivity contribution in [2.24, 2.45) is 5.16 Å². The minimum absolute atomic E-state index is 0.0476. The Morgan fingerprint density at radius 3 is 2.72 bits per heavy atom. The maximum Gasteiger partial charge on any atom is 0.416 e. The van der Waals surface area contributed by atoms with Crippen LogP contribution in [0.25, 0.3) is 0 Å². The molecule has 1 aliphatic carbocycles. The van der Waals surface area contributed by atoms with Crippen LogP contribution >= 0.6 is 0 Å². The second-order valence-electron chi connectivity index (χ2n) is 5.70. The van der Waals surface area contributed by atoms with Crippen LogP contribution in [0.4, 0.5) is 24.9 Å². The lowest BCUT2D eigenvalue weighted by Crippen LogP contribution is -2.19. The van der Waals surface area contributed by atoms with E-state index >= 15 is 0 Å². The zero-order valence-electron chi connectivity index (χ0n) is 13.2. The van der Waals surface area contributed by atoms with Gasteiger partial charge in [0.25, 0.3) is 0 Å². The number of nitrogens with two attached hydrogens (primary N) is 2. The molecule has 1 heterocycles. The van der Waals surface area contributed by atoms with E-state index < -0.39 is 11.7 Å². The van der Waals surface area contributed by atoms with Crippen LogP contribution in [-0.2, 0) is 30.5 Å². The van der Waals surface area contributed by atoms with E-state index in [0.29, 0.717) is 30.6 Å². The fraction of sp³-hybridized carbons (Fsp3) is 0.312. The lowest BCUT2D eigenvalue weighted by Gasteiger charge is -2.17. The van der Waals surface area contributed by atoms with Crippen molar-refractivity contribution >= 4 is 17.5 Å². The van der Waals surface area contributed by atoms with Crippen molar-refractivity contribution in [1.82, 2.24) is 9.97 Å². The Hall–Kier alpha value is -2.84. The largest absolute Gasteiger partial charge is 0.416 e. The zero-order valence-corrected chi connectivity index (χ0v) is 13.2. The summed E-state index contributed by atoms with van der Waals surface area (Å²) in [4.78, 5) is 13.3. The molecule has 0 aliphatic heterocycles. The molecule has 0 unspecified atom stereocenters. The molecule has 0 saturated carbocycles. The fourth-order valence-electron chi connectivity index (χ4n) is 2.64. The van der Waals surface area contributed by atoms with E-state index in [4.69, 9.17) is 16.3 Å². The molecule has 1 aromatic carbocycles. The van der Waals surface area contributed by atoms with Gasteiger partial charge in [0.05, 0.1) is 17.0 Å². The number of fused-ring (bicyclic) bond motifs is 1. The van der Waals surface area contributed by atoms with Gasteiger partial charge < -0.3 is 16.3 Å². The average Bonchev–Trinajstić information content (AvgIpc) is 2.55. The van der Waals surface area contributed by atoms with Crippen molar-refractivity contribution in [3.05, 3.63) is 46.6 Å². The Balaban J connectivity index is 1.66. The fourth-order valence-corrected chi connectivity index (χ4v) is 2.64. The van der Waals surface area contributed by atoms with Crippen molar-refractivity contribution in [1.29, 1.82) is 0 Å². The van der Waals surface area contributed by atoms with Crippen LogP contribution in [0.1, 0.15) is 28.8 Å². The molecule has 1 aromatic heterocycles. The molecule has 132 valence electrons. The number of nitrogen functional groups attached to an aromatic ring is 2. The highest BCUT2D eigenvalue weighted by Crippen LogP contribution is 2.29. The highest BCUT2D eigenvalue weighted by Gasteiger charge is 2.30. The van der Waals surface area contributed by atoms with Gasteiger partial charge in [0, 0.05) is 12.0 Å². The molecule has 0 radical (unpaired) electrons. The maximum absolute atomic E-state index is 12.7. The number of aryl methyl sites for hydroxylation is 1. The van der Waals surface area contributed by atoms with E-state index in [9.17, 15) is 13.2 Å².